The third-order valence-corrected chi connectivity index (χ3v) is 3.35. The first-order valence-corrected chi connectivity index (χ1v) is 6.83. The molecule has 2 aromatic rings. The number of halogens is 2. The number of aromatic nitrogens is 2. The topological polar surface area (TPSA) is 54.9 Å². The number of benzene rings is 1. The van der Waals surface area contributed by atoms with E-state index < -0.39 is 0 Å². The number of carbonyl (C=O) groups excluding carboxylic acids is 1. The highest BCUT2D eigenvalue weighted by molar-refractivity contribution is 6.38. The summed E-state index contributed by atoms with van der Waals surface area (Å²) in [7, 11) is 0. The maximum absolute atomic E-state index is 11.9. The van der Waals surface area contributed by atoms with Gasteiger partial charge in [0.15, 0.2) is 10.3 Å². The van der Waals surface area contributed by atoms with E-state index in [1.807, 2.05) is 31.2 Å². The monoisotopic (exact) mass is 309 g/mol. The van der Waals surface area contributed by atoms with Crippen LogP contribution in [0.15, 0.2) is 30.6 Å². The molecular formula is C14H13Cl2N3O. The van der Waals surface area contributed by atoms with Gasteiger partial charge in [-0.05, 0) is 18.9 Å². The Bertz CT molecular complexity index is 594. The van der Waals surface area contributed by atoms with Crippen molar-refractivity contribution in [3.05, 3.63) is 52.0 Å². The van der Waals surface area contributed by atoms with E-state index in [0.717, 1.165) is 5.56 Å². The number of amides is 1. The molecule has 0 aliphatic rings. The van der Waals surface area contributed by atoms with Crippen molar-refractivity contribution >= 4 is 34.8 Å². The van der Waals surface area contributed by atoms with Gasteiger partial charge in [-0.2, -0.15) is 0 Å². The fraction of sp³-hybridized carbons (Fsp3) is 0.214. The number of nitrogens with one attached hydrogen (secondary N) is 1. The van der Waals surface area contributed by atoms with Crippen molar-refractivity contribution in [2.24, 2.45) is 0 Å². The summed E-state index contributed by atoms with van der Waals surface area (Å²) in [6.45, 7) is 2.02. The highest BCUT2D eigenvalue weighted by atomic mass is 35.5. The smallest absolute Gasteiger partial charge is 0.224 e. The maximum Gasteiger partial charge on any atom is 0.224 e. The average molecular weight is 310 g/mol. The van der Waals surface area contributed by atoms with Crippen LogP contribution in [-0.4, -0.2) is 15.9 Å². The van der Waals surface area contributed by atoms with E-state index in [-0.39, 0.29) is 21.9 Å². The third kappa shape index (κ3) is 3.92. The van der Waals surface area contributed by atoms with Crippen LogP contribution in [0.4, 0.5) is 5.69 Å². The van der Waals surface area contributed by atoms with Crippen molar-refractivity contribution in [2.45, 2.75) is 19.8 Å². The van der Waals surface area contributed by atoms with E-state index in [0.29, 0.717) is 12.8 Å². The summed E-state index contributed by atoms with van der Waals surface area (Å²) in [5.74, 6) is -0.177. The summed E-state index contributed by atoms with van der Waals surface area (Å²) < 4.78 is 0. The quantitative estimate of drug-likeness (QED) is 0.877. The fourth-order valence-electron chi connectivity index (χ4n) is 1.66. The molecule has 1 aromatic carbocycles. The van der Waals surface area contributed by atoms with Gasteiger partial charge in [0.2, 0.25) is 5.91 Å². The van der Waals surface area contributed by atoms with Crippen LogP contribution < -0.4 is 5.32 Å². The van der Waals surface area contributed by atoms with Crippen LogP contribution in [0, 0.1) is 6.92 Å². The molecule has 0 fully saturated rings. The molecule has 2 rings (SSSR count). The molecule has 0 saturated heterocycles. The maximum atomic E-state index is 11.9. The summed E-state index contributed by atoms with van der Waals surface area (Å²) in [6.07, 6.45) is 2.23. The highest BCUT2D eigenvalue weighted by Gasteiger charge is 2.11. The molecule has 0 spiro atoms. The lowest BCUT2D eigenvalue weighted by atomic mass is 10.1. The second-order valence-electron chi connectivity index (χ2n) is 4.36. The number of rotatable bonds is 4. The van der Waals surface area contributed by atoms with Crippen molar-refractivity contribution < 1.29 is 4.79 Å². The van der Waals surface area contributed by atoms with Crippen LogP contribution in [0.3, 0.4) is 0 Å². The first kappa shape index (κ1) is 14.8. The molecule has 20 heavy (non-hydrogen) atoms. The second-order valence-corrected chi connectivity index (χ2v) is 5.08. The molecule has 1 aromatic heterocycles. The molecule has 4 nitrogen and oxygen atoms in total. The summed E-state index contributed by atoms with van der Waals surface area (Å²) in [6, 6.07) is 8.06. The predicted octanol–water partition coefficient (Wildman–Crippen LogP) is 3.66. The molecule has 1 amide bonds. The van der Waals surface area contributed by atoms with Crippen LogP contribution >= 0.6 is 23.2 Å². The van der Waals surface area contributed by atoms with Crippen molar-refractivity contribution in [2.75, 3.05) is 5.32 Å². The fourth-order valence-corrected chi connectivity index (χ4v) is 2.07. The van der Waals surface area contributed by atoms with E-state index in [1.165, 1.54) is 11.9 Å². The third-order valence-electron chi connectivity index (χ3n) is 2.78. The van der Waals surface area contributed by atoms with Crippen molar-refractivity contribution in [1.29, 1.82) is 0 Å². The molecule has 0 atom stereocenters. The van der Waals surface area contributed by atoms with E-state index in [4.69, 9.17) is 23.2 Å². The zero-order chi connectivity index (χ0) is 14.5. The molecule has 0 aliphatic carbocycles. The van der Waals surface area contributed by atoms with Crippen LogP contribution in [0.25, 0.3) is 0 Å². The summed E-state index contributed by atoms with van der Waals surface area (Å²) in [4.78, 5) is 19.4. The number of anilines is 1. The normalized spacial score (nSPS) is 10.3. The molecule has 0 bridgehead atoms. The summed E-state index contributed by atoms with van der Waals surface area (Å²) in [5.41, 5.74) is 2.55. The standard InChI is InChI=1S/C14H13Cl2N3O/c1-9-2-4-10(5-3-9)6-7-11(20)19-12-13(15)17-8-18-14(12)16/h2-5,8H,6-7H2,1H3,(H,19,20). The molecule has 104 valence electrons. The van der Waals surface area contributed by atoms with E-state index >= 15 is 0 Å². The van der Waals surface area contributed by atoms with Gasteiger partial charge < -0.3 is 5.32 Å². The number of aryl methyl sites for hydroxylation is 2. The predicted molar refractivity (Wildman–Crippen MR) is 80.2 cm³/mol. The molecule has 6 heteroatoms. The van der Waals surface area contributed by atoms with E-state index in [2.05, 4.69) is 15.3 Å². The minimum Gasteiger partial charge on any atom is -0.321 e. The van der Waals surface area contributed by atoms with Gasteiger partial charge in [-0.3, -0.25) is 4.79 Å². The SMILES string of the molecule is Cc1ccc(CCC(=O)Nc2c(Cl)ncnc2Cl)cc1. The molecule has 0 unspecified atom stereocenters. The lowest BCUT2D eigenvalue weighted by molar-refractivity contribution is -0.116. The molecule has 0 aliphatic heterocycles. The Morgan fingerprint density at radius 3 is 2.35 bits per heavy atom. The number of carbonyl (C=O) groups is 1. The highest BCUT2D eigenvalue weighted by Crippen LogP contribution is 2.25. The number of nitrogens with zero attached hydrogens (tertiary/aromatic N) is 2. The van der Waals surface area contributed by atoms with Gasteiger partial charge in [0.1, 0.15) is 12.0 Å². The first-order valence-electron chi connectivity index (χ1n) is 6.07. The average Bonchev–Trinajstić information content (AvgIpc) is 2.42. The molecule has 0 saturated carbocycles. The second kappa shape index (κ2) is 6.68. The number of hydrogen-bond acceptors (Lipinski definition) is 3. The van der Waals surface area contributed by atoms with Gasteiger partial charge in [-0.25, -0.2) is 9.97 Å². The summed E-state index contributed by atoms with van der Waals surface area (Å²) in [5, 5.41) is 2.90. The van der Waals surface area contributed by atoms with Crippen LogP contribution in [0.5, 0.6) is 0 Å². The van der Waals surface area contributed by atoms with Gasteiger partial charge in [0, 0.05) is 6.42 Å². The minimum atomic E-state index is -0.177. The van der Waals surface area contributed by atoms with Crippen LogP contribution in [0.1, 0.15) is 17.5 Å². The Kier molecular flexibility index (Phi) is 4.93. The van der Waals surface area contributed by atoms with Crippen LogP contribution in [-0.2, 0) is 11.2 Å². The lowest BCUT2D eigenvalue weighted by Crippen LogP contribution is -2.13. The molecule has 1 N–H and O–H groups in total. The van der Waals surface area contributed by atoms with Gasteiger partial charge >= 0.3 is 0 Å². The van der Waals surface area contributed by atoms with Gasteiger partial charge in [-0.15, -0.1) is 0 Å². The van der Waals surface area contributed by atoms with Gasteiger partial charge in [0.25, 0.3) is 0 Å². The molecule has 0 radical (unpaired) electrons. The zero-order valence-corrected chi connectivity index (χ0v) is 12.4. The summed E-state index contributed by atoms with van der Waals surface area (Å²) >= 11 is 11.7. The van der Waals surface area contributed by atoms with Gasteiger partial charge in [-0.1, -0.05) is 53.0 Å². The Labute approximate surface area is 127 Å². The first-order chi connectivity index (χ1) is 9.56. The van der Waals surface area contributed by atoms with Gasteiger partial charge in [0.05, 0.1) is 0 Å². The largest absolute Gasteiger partial charge is 0.321 e. The van der Waals surface area contributed by atoms with Crippen molar-refractivity contribution in [3.63, 3.8) is 0 Å². The zero-order valence-electron chi connectivity index (χ0n) is 10.9. The Hall–Kier alpha value is -1.65. The van der Waals surface area contributed by atoms with Crippen molar-refractivity contribution in [1.82, 2.24) is 9.97 Å². The molecule has 1 heterocycles. The van der Waals surface area contributed by atoms with E-state index in [9.17, 15) is 4.79 Å². The Balaban J connectivity index is 1.94. The Morgan fingerprint density at radius 2 is 1.75 bits per heavy atom. The lowest BCUT2D eigenvalue weighted by Gasteiger charge is -2.07. The van der Waals surface area contributed by atoms with E-state index in [1.54, 1.807) is 0 Å². The minimum absolute atomic E-state index is 0.133. The number of hydrogen-bond donors (Lipinski definition) is 1. The molecular weight excluding hydrogens is 297 g/mol. The van der Waals surface area contributed by atoms with Crippen LogP contribution in [0.2, 0.25) is 10.3 Å². The van der Waals surface area contributed by atoms with Crippen molar-refractivity contribution in [3.8, 4) is 0 Å². The Morgan fingerprint density at radius 1 is 1.15 bits per heavy atom.